The molecule has 5 rings (SSSR count). The van der Waals surface area contributed by atoms with E-state index < -0.39 is 0 Å². The molecular formula is C28H28N4O4. The normalized spacial score (nSPS) is 15.1. The minimum Gasteiger partial charge on any atom is -0.493 e. The number of rotatable bonds is 6. The maximum absolute atomic E-state index is 13.6. The third-order valence-electron chi connectivity index (χ3n) is 6.45. The van der Waals surface area contributed by atoms with Crippen LogP contribution < -0.4 is 24.4 Å². The third-order valence-corrected chi connectivity index (χ3v) is 6.45. The lowest BCUT2D eigenvalue weighted by molar-refractivity contribution is -0.119. The van der Waals surface area contributed by atoms with Crippen LogP contribution >= 0.6 is 0 Å². The van der Waals surface area contributed by atoms with Crippen molar-refractivity contribution in [3.63, 3.8) is 0 Å². The zero-order valence-corrected chi connectivity index (χ0v) is 20.5. The average Bonchev–Trinajstić information content (AvgIpc) is 3.11. The lowest BCUT2D eigenvalue weighted by Crippen LogP contribution is -2.33. The first-order valence-electron chi connectivity index (χ1n) is 11.8. The van der Waals surface area contributed by atoms with Crippen molar-refractivity contribution in [1.29, 1.82) is 0 Å². The van der Waals surface area contributed by atoms with Crippen LogP contribution in [-0.2, 0) is 11.2 Å². The Bertz CT molecular complexity index is 1390. The summed E-state index contributed by atoms with van der Waals surface area (Å²) in [5.41, 5.74) is 4.48. The number of para-hydroxylation sites is 3. The summed E-state index contributed by atoms with van der Waals surface area (Å²) in [5.74, 6) is 1.48. The first kappa shape index (κ1) is 23.4. The van der Waals surface area contributed by atoms with Crippen molar-refractivity contribution >= 4 is 34.1 Å². The van der Waals surface area contributed by atoms with Gasteiger partial charge in [-0.25, -0.2) is 9.97 Å². The molecule has 0 saturated heterocycles. The third kappa shape index (κ3) is 4.49. The van der Waals surface area contributed by atoms with E-state index in [-0.39, 0.29) is 17.7 Å². The predicted octanol–water partition coefficient (Wildman–Crippen LogP) is 4.99. The number of aromatic nitrogens is 2. The average molecular weight is 485 g/mol. The summed E-state index contributed by atoms with van der Waals surface area (Å²) in [7, 11) is 4.78. The number of hydrogen-bond acceptors (Lipinski definition) is 7. The highest BCUT2D eigenvalue weighted by molar-refractivity contribution is 5.94. The molecule has 2 heterocycles. The molecule has 4 aromatic rings. The number of hydrogen-bond donors (Lipinski definition) is 1. The van der Waals surface area contributed by atoms with E-state index in [0.29, 0.717) is 47.7 Å². The monoisotopic (exact) mass is 484 g/mol. The van der Waals surface area contributed by atoms with E-state index in [1.165, 1.54) is 7.11 Å². The van der Waals surface area contributed by atoms with Gasteiger partial charge in [0, 0.05) is 24.0 Å². The number of carbonyl (C=O) groups excluding carboxylic acids is 1. The van der Waals surface area contributed by atoms with E-state index in [4.69, 9.17) is 14.2 Å². The molecule has 1 aliphatic heterocycles. The number of anilines is 3. The number of aryl methyl sites for hydroxylation is 1. The molecule has 0 saturated carbocycles. The predicted molar refractivity (Wildman–Crippen MR) is 140 cm³/mol. The fraction of sp³-hybridized carbons (Fsp3) is 0.250. The number of benzene rings is 3. The fourth-order valence-corrected chi connectivity index (χ4v) is 4.59. The molecule has 8 nitrogen and oxygen atoms in total. The van der Waals surface area contributed by atoms with Gasteiger partial charge in [-0.3, -0.25) is 4.79 Å². The Morgan fingerprint density at radius 3 is 2.25 bits per heavy atom. The number of carbonyl (C=O) groups is 1. The van der Waals surface area contributed by atoms with Crippen LogP contribution in [0.4, 0.5) is 17.2 Å². The molecule has 1 N–H and O–H groups in total. The number of ether oxygens (including phenoxy) is 3. The molecule has 0 spiro atoms. The van der Waals surface area contributed by atoms with Gasteiger partial charge in [-0.1, -0.05) is 30.3 Å². The Balaban J connectivity index is 1.49. The molecule has 0 bridgehead atoms. The quantitative estimate of drug-likeness (QED) is 0.412. The summed E-state index contributed by atoms with van der Waals surface area (Å²) in [5, 5.41) is 2.98. The van der Waals surface area contributed by atoms with Gasteiger partial charge in [0.25, 0.3) is 5.88 Å². The van der Waals surface area contributed by atoms with E-state index in [1.807, 2.05) is 66.7 Å². The number of fused-ring (bicyclic) bond motifs is 2. The SMILES string of the molecule is COc1cc2c(cc1OC)N(c1ccccc1)CC(C(=O)Nc1nc3ccccc3nc1OC)CC2. The van der Waals surface area contributed by atoms with Crippen molar-refractivity contribution in [1.82, 2.24) is 9.97 Å². The molecule has 0 aliphatic carbocycles. The first-order chi connectivity index (χ1) is 17.6. The Morgan fingerprint density at radius 1 is 0.889 bits per heavy atom. The summed E-state index contributed by atoms with van der Waals surface area (Å²) in [6.07, 6.45) is 1.36. The van der Waals surface area contributed by atoms with E-state index in [1.54, 1.807) is 14.2 Å². The highest BCUT2D eigenvalue weighted by Crippen LogP contribution is 2.41. The van der Waals surface area contributed by atoms with Gasteiger partial charge in [-0.15, -0.1) is 0 Å². The van der Waals surface area contributed by atoms with Gasteiger partial charge in [-0.05, 0) is 48.7 Å². The van der Waals surface area contributed by atoms with Crippen LogP contribution in [0.5, 0.6) is 17.4 Å². The summed E-state index contributed by atoms with van der Waals surface area (Å²) in [6, 6.07) is 21.5. The van der Waals surface area contributed by atoms with Crippen molar-refractivity contribution < 1.29 is 19.0 Å². The van der Waals surface area contributed by atoms with Crippen molar-refractivity contribution in [3.8, 4) is 17.4 Å². The largest absolute Gasteiger partial charge is 0.493 e. The van der Waals surface area contributed by atoms with Crippen LogP contribution in [0.15, 0.2) is 66.7 Å². The molecular weight excluding hydrogens is 456 g/mol. The van der Waals surface area contributed by atoms with Gasteiger partial charge in [0.05, 0.1) is 38.3 Å². The van der Waals surface area contributed by atoms with Crippen LogP contribution in [-0.4, -0.2) is 43.7 Å². The lowest BCUT2D eigenvalue weighted by atomic mass is 10.00. The Kier molecular flexibility index (Phi) is 6.58. The van der Waals surface area contributed by atoms with Crippen molar-refractivity contribution in [2.45, 2.75) is 12.8 Å². The minimum atomic E-state index is -0.312. The second-order valence-corrected chi connectivity index (χ2v) is 8.58. The van der Waals surface area contributed by atoms with E-state index in [0.717, 1.165) is 16.9 Å². The Hall–Kier alpha value is -4.33. The summed E-state index contributed by atoms with van der Waals surface area (Å²) in [6.45, 7) is 0.488. The van der Waals surface area contributed by atoms with Crippen LogP contribution in [0.2, 0.25) is 0 Å². The fourth-order valence-electron chi connectivity index (χ4n) is 4.59. The highest BCUT2D eigenvalue weighted by atomic mass is 16.5. The minimum absolute atomic E-state index is 0.134. The summed E-state index contributed by atoms with van der Waals surface area (Å²) < 4.78 is 16.6. The molecule has 1 aliphatic rings. The summed E-state index contributed by atoms with van der Waals surface area (Å²) >= 11 is 0. The molecule has 184 valence electrons. The van der Waals surface area contributed by atoms with Gasteiger partial charge in [0.2, 0.25) is 5.91 Å². The molecule has 1 atom stereocenters. The molecule has 3 aromatic carbocycles. The van der Waals surface area contributed by atoms with Crippen molar-refractivity contribution in [2.24, 2.45) is 5.92 Å². The number of amides is 1. The number of methoxy groups -OCH3 is 3. The van der Waals surface area contributed by atoms with Crippen LogP contribution in [0.1, 0.15) is 12.0 Å². The van der Waals surface area contributed by atoms with Gasteiger partial charge >= 0.3 is 0 Å². The van der Waals surface area contributed by atoms with Crippen LogP contribution in [0.3, 0.4) is 0 Å². The molecule has 1 unspecified atom stereocenters. The van der Waals surface area contributed by atoms with Gasteiger partial charge in [-0.2, -0.15) is 0 Å². The Labute approximate surface area is 209 Å². The lowest BCUT2D eigenvalue weighted by Gasteiger charge is -2.28. The van der Waals surface area contributed by atoms with Gasteiger partial charge < -0.3 is 24.4 Å². The Morgan fingerprint density at radius 2 is 1.56 bits per heavy atom. The van der Waals surface area contributed by atoms with E-state index in [9.17, 15) is 4.79 Å². The molecule has 0 fully saturated rings. The second-order valence-electron chi connectivity index (χ2n) is 8.58. The maximum atomic E-state index is 13.6. The van der Waals surface area contributed by atoms with Crippen molar-refractivity contribution in [3.05, 3.63) is 72.3 Å². The topological polar surface area (TPSA) is 85.8 Å². The molecule has 36 heavy (non-hydrogen) atoms. The molecule has 0 radical (unpaired) electrons. The number of nitrogens with one attached hydrogen (secondary N) is 1. The van der Waals surface area contributed by atoms with Gasteiger partial charge in [0.1, 0.15) is 0 Å². The smallest absolute Gasteiger partial charge is 0.258 e. The second kappa shape index (κ2) is 10.1. The van der Waals surface area contributed by atoms with Crippen molar-refractivity contribution in [2.75, 3.05) is 38.1 Å². The molecule has 1 amide bonds. The molecule has 8 heteroatoms. The first-order valence-corrected chi connectivity index (χ1v) is 11.8. The number of nitrogens with zero attached hydrogens (tertiary/aromatic N) is 3. The van der Waals surface area contributed by atoms with E-state index in [2.05, 4.69) is 20.2 Å². The zero-order valence-electron chi connectivity index (χ0n) is 20.5. The van der Waals surface area contributed by atoms with Gasteiger partial charge in [0.15, 0.2) is 17.3 Å². The highest BCUT2D eigenvalue weighted by Gasteiger charge is 2.30. The summed E-state index contributed by atoms with van der Waals surface area (Å²) in [4.78, 5) is 24.9. The van der Waals surface area contributed by atoms with E-state index >= 15 is 0 Å². The van der Waals surface area contributed by atoms with Crippen LogP contribution in [0, 0.1) is 5.92 Å². The van der Waals surface area contributed by atoms with Crippen LogP contribution in [0.25, 0.3) is 11.0 Å². The molecule has 1 aromatic heterocycles. The standard InChI is InChI=1S/C28H28N4O4/c1-34-24-15-18-13-14-19(17-32(20-9-5-4-6-10-20)23(18)16-25(24)35-2)27(33)31-26-28(36-3)30-22-12-8-7-11-21(22)29-26/h4-12,15-16,19H,13-14,17H2,1-3H3,(H,29,31,33). The zero-order chi connectivity index (χ0) is 25.1. The maximum Gasteiger partial charge on any atom is 0.258 e.